The third-order valence-electron chi connectivity index (χ3n) is 2.67. The number of aromatic nitrogens is 1. The Balaban J connectivity index is 1.92. The van der Waals surface area contributed by atoms with Gasteiger partial charge in [-0.05, 0) is 36.8 Å². The van der Waals surface area contributed by atoms with Crippen LogP contribution in [0.4, 0.5) is 11.5 Å². The number of benzene rings is 1. The summed E-state index contributed by atoms with van der Waals surface area (Å²) >= 11 is 0. The van der Waals surface area contributed by atoms with E-state index in [1.165, 1.54) is 6.20 Å². The lowest BCUT2D eigenvalue weighted by Gasteiger charge is -2.06. The SMILES string of the molecule is CCOc1ccc(CC(=O)Nc2ccc(N)nc2)cc1. The molecule has 0 atom stereocenters. The molecule has 0 aliphatic heterocycles. The highest BCUT2D eigenvalue weighted by molar-refractivity contribution is 5.92. The molecule has 0 aliphatic carbocycles. The first-order chi connectivity index (χ1) is 9.67. The Morgan fingerprint density at radius 1 is 1.25 bits per heavy atom. The van der Waals surface area contributed by atoms with Crippen molar-refractivity contribution in [2.45, 2.75) is 13.3 Å². The predicted molar refractivity (Wildman–Crippen MR) is 78.6 cm³/mol. The lowest BCUT2D eigenvalue weighted by molar-refractivity contribution is -0.115. The van der Waals surface area contributed by atoms with E-state index < -0.39 is 0 Å². The Morgan fingerprint density at radius 2 is 2.00 bits per heavy atom. The summed E-state index contributed by atoms with van der Waals surface area (Å²) in [6.07, 6.45) is 1.84. The van der Waals surface area contributed by atoms with Crippen LogP contribution in [0.2, 0.25) is 0 Å². The zero-order chi connectivity index (χ0) is 14.4. The van der Waals surface area contributed by atoms with Crippen LogP contribution in [0.15, 0.2) is 42.6 Å². The summed E-state index contributed by atoms with van der Waals surface area (Å²) in [6, 6.07) is 10.8. The molecule has 0 aliphatic rings. The lowest BCUT2D eigenvalue weighted by atomic mass is 10.1. The Labute approximate surface area is 117 Å². The van der Waals surface area contributed by atoms with Gasteiger partial charge in [0.1, 0.15) is 11.6 Å². The molecule has 1 heterocycles. The standard InChI is InChI=1S/C15H17N3O2/c1-2-20-13-6-3-11(4-7-13)9-15(19)18-12-5-8-14(16)17-10-12/h3-8,10H,2,9H2,1H3,(H2,16,17)(H,18,19). The lowest BCUT2D eigenvalue weighted by Crippen LogP contribution is -2.14. The second kappa shape index (κ2) is 6.56. The fourth-order valence-electron chi connectivity index (χ4n) is 1.74. The molecule has 5 heteroatoms. The molecule has 0 unspecified atom stereocenters. The van der Waals surface area contributed by atoms with E-state index in [1.54, 1.807) is 12.1 Å². The number of carbonyl (C=O) groups excluding carboxylic acids is 1. The molecule has 0 bridgehead atoms. The van der Waals surface area contributed by atoms with Crippen molar-refractivity contribution < 1.29 is 9.53 Å². The average Bonchev–Trinajstić information content (AvgIpc) is 2.44. The van der Waals surface area contributed by atoms with Crippen molar-refractivity contribution in [2.75, 3.05) is 17.7 Å². The molecule has 104 valence electrons. The van der Waals surface area contributed by atoms with Gasteiger partial charge in [-0.3, -0.25) is 4.79 Å². The van der Waals surface area contributed by atoms with E-state index in [1.807, 2.05) is 31.2 Å². The second-order valence-corrected chi connectivity index (χ2v) is 4.27. The Morgan fingerprint density at radius 3 is 2.60 bits per heavy atom. The van der Waals surface area contributed by atoms with Crippen LogP contribution < -0.4 is 15.8 Å². The third kappa shape index (κ3) is 3.98. The van der Waals surface area contributed by atoms with Crippen molar-refractivity contribution in [3.05, 3.63) is 48.2 Å². The average molecular weight is 271 g/mol. The number of nitrogen functional groups attached to an aromatic ring is 1. The van der Waals surface area contributed by atoms with Gasteiger partial charge >= 0.3 is 0 Å². The highest BCUT2D eigenvalue weighted by Gasteiger charge is 2.04. The van der Waals surface area contributed by atoms with Gasteiger partial charge in [0, 0.05) is 0 Å². The highest BCUT2D eigenvalue weighted by atomic mass is 16.5. The number of anilines is 2. The minimum absolute atomic E-state index is 0.0965. The van der Waals surface area contributed by atoms with Crippen molar-refractivity contribution in [2.24, 2.45) is 0 Å². The molecular weight excluding hydrogens is 254 g/mol. The summed E-state index contributed by atoms with van der Waals surface area (Å²) in [7, 11) is 0. The van der Waals surface area contributed by atoms with E-state index in [4.69, 9.17) is 10.5 Å². The summed E-state index contributed by atoms with van der Waals surface area (Å²) in [5.41, 5.74) is 7.04. The first-order valence-electron chi connectivity index (χ1n) is 6.40. The molecule has 5 nitrogen and oxygen atoms in total. The maximum absolute atomic E-state index is 11.9. The Kier molecular flexibility index (Phi) is 4.55. The summed E-state index contributed by atoms with van der Waals surface area (Å²) in [5, 5.41) is 2.77. The molecule has 0 saturated heterocycles. The molecule has 0 fully saturated rings. The van der Waals surface area contributed by atoms with E-state index in [0.717, 1.165) is 11.3 Å². The van der Waals surface area contributed by atoms with Crippen LogP contribution in [0.25, 0.3) is 0 Å². The van der Waals surface area contributed by atoms with Gasteiger partial charge in [0.25, 0.3) is 0 Å². The number of ether oxygens (including phenoxy) is 1. The van der Waals surface area contributed by atoms with Gasteiger partial charge in [0.05, 0.1) is 24.9 Å². The minimum atomic E-state index is -0.0965. The van der Waals surface area contributed by atoms with E-state index in [0.29, 0.717) is 24.5 Å². The number of rotatable bonds is 5. The van der Waals surface area contributed by atoms with Gasteiger partial charge in [0.15, 0.2) is 0 Å². The molecule has 0 saturated carbocycles. The topological polar surface area (TPSA) is 77.2 Å². The van der Waals surface area contributed by atoms with Gasteiger partial charge < -0.3 is 15.8 Å². The van der Waals surface area contributed by atoms with Crippen LogP contribution in [0.3, 0.4) is 0 Å². The van der Waals surface area contributed by atoms with Crippen LogP contribution in [0, 0.1) is 0 Å². The molecule has 2 aromatic rings. The molecule has 20 heavy (non-hydrogen) atoms. The van der Waals surface area contributed by atoms with Crippen LogP contribution in [-0.2, 0) is 11.2 Å². The smallest absolute Gasteiger partial charge is 0.228 e. The summed E-state index contributed by atoms with van der Waals surface area (Å²) in [4.78, 5) is 15.8. The largest absolute Gasteiger partial charge is 0.494 e. The van der Waals surface area contributed by atoms with Gasteiger partial charge in [-0.2, -0.15) is 0 Å². The van der Waals surface area contributed by atoms with Crippen molar-refractivity contribution in [1.29, 1.82) is 0 Å². The van der Waals surface area contributed by atoms with Crippen LogP contribution in [0.5, 0.6) is 5.75 Å². The second-order valence-electron chi connectivity index (χ2n) is 4.27. The third-order valence-corrected chi connectivity index (χ3v) is 2.67. The number of carbonyl (C=O) groups is 1. The number of hydrogen-bond donors (Lipinski definition) is 2. The fourth-order valence-corrected chi connectivity index (χ4v) is 1.74. The number of nitrogens with two attached hydrogens (primary N) is 1. The molecule has 3 N–H and O–H groups in total. The maximum Gasteiger partial charge on any atom is 0.228 e. The van der Waals surface area contributed by atoms with E-state index in [-0.39, 0.29) is 5.91 Å². The first-order valence-corrected chi connectivity index (χ1v) is 6.40. The predicted octanol–water partition coefficient (Wildman–Crippen LogP) is 2.24. The van der Waals surface area contributed by atoms with Gasteiger partial charge in [-0.25, -0.2) is 4.98 Å². The summed E-state index contributed by atoms with van der Waals surface area (Å²) in [5.74, 6) is 1.13. The summed E-state index contributed by atoms with van der Waals surface area (Å²) in [6.45, 7) is 2.56. The van der Waals surface area contributed by atoms with E-state index in [2.05, 4.69) is 10.3 Å². The quantitative estimate of drug-likeness (QED) is 0.874. The van der Waals surface area contributed by atoms with Crippen molar-refractivity contribution in [3.63, 3.8) is 0 Å². The van der Waals surface area contributed by atoms with E-state index in [9.17, 15) is 4.79 Å². The summed E-state index contributed by atoms with van der Waals surface area (Å²) < 4.78 is 5.35. The first kappa shape index (κ1) is 13.9. The van der Waals surface area contributed by atoms with Gasteiger partial charge in [-0.15, -0.1) is 0 Å². The zero-order valence-electron chi connectivity index (χ0n) is 11.3. The maximum atomic E-state index is 11.9. The molecule has 1 aromatic carbocycles. The number of nitrogens with zero attached hydrogens (tertiary/aromatic N) is 1. The van der Waals surface area contributed by atoms with Crippen molar-refractivity contribution >= 4 is 17.4 Å². The molecule has 1 amide bonds. The minimum Gasteiger partial charge on any atom is -0.494 e. The van der Waals surface area contributed by atoms with Crippen LogP contribution in [-0.4, -0.2) is 17.5 Å². The molecular formula is C15H17N3O2. The number of hydrogen-bond acceptors (Lipinski definition) is 4. The monoisotopic (exact) mass is 271 g/mol. The molecule has 0 spiro atoms. The number of amides is 1. The number of pyridine rings is 1. The highest BCUT2D eigenvalue weighted by Crippen LogP contribution is 2.13. The Bertz CT molecular complexity index is 565. The van der Waals surface area contributed by atoms with E-state index >= 15 is 0 Å². The molecule has 2 rings (SSSR count). The number of nitrogens with one attached hydrogen (secondary N) is 1. The van der Waals surface area contributed by atoms with Gasteiger partial charge in [-0.1, -0.05) is 12.1 Å². The van der Waals surface area contributed by atoms with Crippen LogP contribution in [0.1, 0.15) is 12.5 Å². The van der Waals surface area contributed by atoms with Crippen molar-refractivity contribution in [3.8, 4) is 5.75 Å². The fraction of sp³-hybridized carbons (Fsp3) is 0.200. The molecule has 1 aromatic heterocycles. The normalized spacial score (nSPS) is 10.1. The Hall–Kier alpha value is -2.56. The van der Waals surface area contributed by atoms with Crippen LogP contribution >= 0.6 is 0 Å². The van der Waals surface area contributed by atoms with Gasteiger partial charge in [0.2, 0.25) is 5.91 Å². The molecule has 0 radical (unpaired) electrons. The van der Waals surface area contributed by atoms with Crippen molar-refractivity contribution in [1.82, 2.24) is 4.98 Å². The zero-order valence-corrected chi connectivity index (χ0v) is 11.3.